The van der Waals surface area contributed by atoms with E-state index in [1.165, 1.54) is 33.5 Å². The largest absolute Gasteiger partial charge is 0.493 e. The van der Waals surface area contributed by atoms with Crippen LogP contribution in [0.25, 0.3) is 0 Å². The van der Waals surface area contributed by atoms with E-state index >= 15 is 0 Å². The number of carbonyl (C=O) groups is 1. The Morgan fingerprint density at radius 3 is 2.19 bits per heavy atom. The number of hydrogen-bond acceptors (Lipinski definition) is 6. The number of carbonyl (C=O) groups excluding carboxylic acids is 1. The Morgan fingerprint density at radius 1 is 1.00 bits per heavy atom. The Morgan fingerprint density at radius 2 is 1.63 bits per heavy atom. The first-order chi connectivity index (χ1) is 12.8. The zero-order chi connectivity index (χ0) is 20.0. The maximum atomic E-state index is 12.5. The van der Waals surface area contributed by atoms with Gasteiger partial charge in [-0.3, -0.25) is 0 Å². The van der Waals surface area contributed by atoms with Gasteiger partial charge in [0.15, 0.2) is 11.5 Å². The highest BCUT2D eigenvalue weighted by molar-refractivity contribution is 7.88. The van der Waals surface area contributed by atoms with Crippen LogP contribution in [0.15, 0.2) is 42.5 Å². The molecule has 2 aromatic rings. The number of benzene rings is 2. The van der Waals surface area contributed by atoms with Crippen molar-refractivity contribution in [1.29, 1.82) is 0 Å². The van der Waals surface area contributed by atoms with Gasteiger partial charge in [0.25, 0.3) is 0 Å². The molecular weight excluding hydrogens is 370 g/mol. The molecule has 0 spiro atoms. The van der Waals surface area contributed by atoms with Gasteiger partial charge >= 0.3 is 5.97 Å². The van der Waals surface area contributed by atoms with Crippen molar-refractivity contribution in [2.75, 3.05) is 21.3 Å². The van der Waals surface area contributed by atoms with Crippen LogP contribution in [0.5, 0.6) is 11.5 Å². The molecule has 0 bridgehead atoms. The van der Waals surface area contributed by atoms with Crippen LogP contribution < -0.4 is 14.2 Å². The zero-order valence-corrected chi connectivity index (χ0v) is 16.5. The summed E-state index contributed by atoms with van der Waals surface area (Å²) in [5.74, 6) is 0.428. The van der Waals surface area contributed by atoms with Crippen LogP contribution in [0, 0.1) is 0 Å². The molecule has 0 aliphatic carbocycles. The van der Waals surface area contributed by atoms with Crippen molar-refractivity contribution < 1.29 is 27.4 Å². The molecule has 0 fully saturated rings. The third kappa shape index (κ3) is 5.45. The number of methoxy groups -OCH3 is 3. The van der Waals surface area contributed by atoms with Crippen molar-refractivity contribution in [3.8, 4) is 11.5 Å². The normalized spacial score (nSPS) is 12.3. The fourth-order valence-electron chi connectivity index (χ4n) is 2.58. The molecular formula is C19H23NO6S. The topological polar surface area (TPSA) is 90.9 Å². The SMILES string of the molecule is COC(=O)c1ccc(CS(=O)(=O)N[C@@H](C)c2ccc(OC)c(OC)c2)cc1. The molecule has 1 atom stereocenters. The van der Waals surface area contributed by atoms with Crippen molar-refractivity contribution in [1.82, 2.24) is 4.72 Å². The number of sulfonamides is 1. The van der Waals surface area contributed by atoms with Crippen LogP contribution in [-0.4, -0.2) is 35.7 Å². The molecule has 8 heteroatoms. The summed E-state index contributed by atoms with van der Waals surface area (Å²) in [6, 6.07) is 11.0. The molecule has 0 unspecified atom stereocenters. The molecule has 0 aromatic heterocycles. The molecule has 2 rings (SSSR count). The summed E-state index contributed by atoms with van der Waals surface area (Å²) in [6.45, 7) is 1.75. The van der Waals surface area contributed by atoms with Crippen molar-refractivity contribution in [3.05, 3.63) is 59.2 Å². The van der Waals surface area contributed by atoms with E-state index in [9.17, 15) is 13.2 Å². The molecule has 2 aromatic carbocycles. The maximum Gasteiger partial charge on any atom is 0.337 e. The van der Waals surface area contributed by atoms with E-state index in [2.05, 4.69) is 9.46 Å². The fourth-order valence-corrected chi connectivity index (χ4v) is 3.96. The Kier molecular flexibility index (Phi) is 6.81. The minimum Gasteiger partial charge on any atom is -0.493 e. The smallest absolute Gasteiger partial charge is 0.337 e. The number of rotatable bonds is 8. The van der Waals surface area contributed by atoms with Gasteiger partial charge in [0.2, 0.25) is 10.0 Å². The molecule has 7 nitrogen and oxygen atoms in total. The first kappa shape index (κ1) is 20.7. The van der Waals surface area contributed by atoms with Crippen LogP contribution >= 0.6 is 0 Å². The highest BCUT2D eigenvalue weighted by Gasteiger charge is 2.18. The molecule has 0 aliphatic rings. The van der Waals surface area contributed by atoms with Crippen LogP contribution in [0.4, 0.5) is 0 Å². The first-order valence-corrected chi connectivity index (χ1v) is 9.84. The van der Waals surface area contributed by atoms with Gasteiger partial charge in [-0.1, -0.05) is 18.2 Å². The molecule has 27 heavy (non-hydrogen) atoms. The van der Waals surface area contributed by atoms with Gasteiger partial charge in [-0.15, -0.1) is 0 Å². The number of nitrogens with one attached hydrogen (secondary N) is 1. The van der Waals surface area contributed by atoms with E-state index in [1.807, 2.05) is 0 Å². The molecule has 0 radical (unpaired) electrons. The lowest BCUT2D eigenvalue weighted by atomic mass is 10.1. The number of ether oxygens (including phenoxy) is 3. The van der Waals surface area contributed by atoms with E-state index in [-0.39, 0.29) is 5.75 Å². The second-order valence-corrected chi connectivity index (χ2v) is 7.66. The summed E-state index contributed by atoms with van der Waals surface area (Å²) in [4.78, 5) is 11.4. The lowest BCUT2D eigenvalue weighted by Gasteiger charge is -2.17. The maximum absolute atomic E-state index is 12.5. The summed E-state index contributed by atoms with van der Waals surface area (Å²) in [6.07, 6.45) is 0. The van der Waals surface area contributed by atoms with E-state index in [0.29, 0.717) is 22.6 Å². The predicted octanol–water partition coefficient (Wildman–Crippen LogP) is 2.67. The minimum absolute atomic E-state index is 0.202. The van der Waals surface area contributed by atoms with Gasteiger partial charge in [-0.2, -0.15) is 0 Å². The zero-order valence-electron chi connectivity index (χ0n) is 15.7. The Labute approximate surface area is 159 Å². The summed E-state index contributed by atoms with van der Waals surface area (Å²) in [7, 11) is 0.757. The highest BCUT2D eigenvalue weighted by atomic mass is 32.2. The summed E-state index contributed by atoms with van der Waals surface area (Å²) >= 11 is 0. The molecule has 0 heterocycles. The molecule has 1 N–H and O–H groups in total. The van der Waals surface area contributed by atoms with Crippen molar-refractivity contribution in [3.63, 3.8) is 0 Å². The quantitative estimate of drug-likeness (QED) is 0.694. The minimum atomic E-state index is -3.59. The van der Waals surface area contributed by atoms with Gasteiger partial charge in [0, 0.05) is 6.04 Å². The summed E-state index contributed by atoms with van der Waals surface area (Å²) in [5, 5.41) is 0. The van der Waals surface area contributed by atoms with Gasteiger partial charge in [-0.05, 0) is 42.3 Å². The fraction of sp³-hybridized carbons (Fsp3) is 0.316. The number of hydrogen-bond donors (Lipinski definition) is 1. The van der Waals surface area contributed by atoms with E-state index in [0.717, 1.165) is 5.56 Å². The second kappa shape index (κ2) is 8.88. The van der Waals surface area contributed by atoms with Gasteiger partial charge in [-0.25, -0.2) is 17.9 Å². The van der Waals surface area contributed by atoms with Gasteiger partial charge in [0.05, 0.1) is 32.6 Å². The lowest BCUT2D eigenvalue weighted by molar-refractivity contribution is 0.0600. The standard InChI is InChI=1S/C19H23NO6S/c1-13(16-9-10-17(24-2)18(11-16)25-3)20-27(22,23)12-14-5-7-15(8-6-14)19(21)26-4/h5-11,13,20H,12H2,1-4H3/t13-/m0/s1. The Bertz CT molecular complexity index is 893. The molecule has 146 valence electrons. The lowest BCUT2D eigenvalue weighted by Crippen LogP contribution is -2.28. The van der Waals surface area contributed by atoms with E-state index in [1.54, 1.807) is 37.3 Å². The van der Waals surface area contributed by atoms with Crippen LogP contribution in [-0.2, 0) is 20.5 Å². The molecule has 0 amide bonds. The van der Waals surface area contributed by atoms with Crippen LogP contribution in [0.3, 0.4) is 0 Å². The monoisotopic (exact) mass is 393 g/mol. The third-order valence-corrected chi connectivity index (χ3v) is 5.42. The number of esters is 1. The second-order valence-electron chi connectivity index (χ2n) is 5.90. The van der Waals surface area contributed by atoms with Crippen molar-refractivity contribution in [2.45, 2.75) is 18.7 Å². The first-order valence-electron chi connectivity index (χ1n) is 8.19. The van der Waals surface area contributed by atoms with Crippen molar-refractivity contribution in [2.24, 2.45) is 0 Å². The average Bonchev–Trinajstić information content (AvgIpc) is 2.66. The van der Waals surface area contributed by atoms with Crippen LogP contribution in [0.1, 0.15) is 34.5 Å². The molecule has 0 saturated heterocycles. The van der Waals surface area contributed by atoms with Crippen molar-refractivity contribution >= 4 is 16.0 Å². The summed E-state index contributed by atoms with van der Waals surface area (Å²) < 4.78 is 42.7. The van der Waals surface area contributed by atoms with E-state index in [4.69, 9.17) is 9.47 Å². The summed E-state index contributed by atoms with van der Waals surface area (Å²) in [5.41, 5.74) is 1.68. The van der Waals surface area contributed by atoms with Crippen LogP contribution in [0.2, 0.25) is 0 Å². The molecule has 0 aliphatic heterocycles. The highest BCUT2D eigenvalue weighted by Crippen LogP contribution is 2.30. The third-order valence-electron chi connectivity index (χ3n) is 4.00. The van der Waals surface area contributed by atoms with Gasteiger partial charge < -0.3 is 14.2 Å². The average molecular weight is 393 g/mol. The predicted molar refractivity (Wildman–Crippen MR) is 102 cm³/mol. The Hall–Kier alpha value is -2.58. The van der Waals surface area contributed by atoms with Gasteiger partial charge in [0.1, 0.15) is 0 Å². The Balaban J connectivity index is 2.10. The molecule has 0 saturated carbocycles. The van der Waals surface area contributed by atoms with E-state index < -0.39 is 22.0 Å².